The first kappa shape index (κ1) is 18.4. The zero-order valence-electron chi connectivity index (χ0n) is 17.1. The third-order valence-corrected chi connectivity index (χ3v) is 4.92. The van der Waals surface area contributed by atoms with Crippen LogP contribution in [0.15, 0.2) is 54.9 Å². The first-order chi connectivity index (χ1) is 12.1. The van der Waals surface area contributed by atoms with E-state index in [0.29, 0.717) is 0 Å². The molecule has 0 saturated carbocycles. The molecule has 0 saturated heterocycles. The van der Waals surface area contributed by atoms with Gasteiger partial charge in [0.25, 0.3) is 0 Å². The standard InChI is InChI=1S/C24H30N2/c1-17-11-8-9-12-18(17)22-25-15-16-26(22)21-19(23(2,3)4)13-10-14-20(21)24(5,6)7/h8-16H,1-7H3. The van der Waals surface area contributed by atoms with Gasteiger partial charge < -0.3 is 0 Å². The fraction of sp³-hybridized carbons (Fsp3) is 0.375. The van der Waals surface area contributed by atoms with Gasteiger partial charge in [0.1, 0.15) is 5.82 Å². The molecule has 1 heterocycles. The summed E-state index contributed by atoms with van der Waals surface area (Å²) in [5.41, 5.74) is 6.47. The molecule has 0 N–H and O–H groups in total. The highest BCUT2D eigenvalue weighted by Gasteiger charge is 2.27. The van der Waals surface area contributed by atoms with Crippen molar-refractivity contribution in [2.45, 2.75) is 59.3 Å². The first-order valence-electron chi connectivity index (χ1n) is 9.34. The average molecular weight is 347 g/mol. The van der Waals surface area contributed by atoms with Crippen LogP contribution in [0.1, 0.15) is 58.2 Å². The van der Waals surface area contributed by atoms with Crippen LogP contribution in [0.5, 0.6) is 0 Å². The quantitative estimate of drug-likeness (QED) is 0.522. The molecule has 0 amide bonds. The summed E-state index contributed by atoms with van der Waals surface area (Å²) in [5.74, 6) is 1.00. The minimum atomic E-state index is 0.0455. The molecule has 0 spiro atoms. The summed E-state index contributed by atoms with van der Waals surface area (Å²) in [7, 11) is 0. The maximum atomic E-state index is 4.73. The Balaban J connectivity index is 2.36. The first-order valence-corrected chi connectivity index (χ1v) is 9.34. The molecular formula is C24H30N2. The molecule has 26 heavy (non-hydrogen) atoms. The van der Waals surface area contributed by atoms with Gasteiger partial charge in [0.2, 0.25) is 0 Å². The highest BCUT2D eigenvalue weighted by molar-refractivity contribution is 5.65. The van der Waals surface area contributed by atoms with E-state index in [9.17, 15) is 0 Å². The van der Waals surface area contributed by atoms with E-state index in [0.717, 1.165) is 5.82 Å². The molecule has 1 aromatic heterocycles. The average Bonchev–Trinajstić information content (AvgIpc) is 3.02. The van der Waals surface area contributed by atoms with Crippen LogP contribution < -0.4 is 0 Å². The number of nitrogens with zero attached hydrogens (tertiary/aromatic N) is 2. The summed E-state index contributed by atoms with van der Waals surface area (Å²) in [6, 6.07) is 15.2. The minimum Gasteiger partial charge on any atom is -0.299 e. The fourth-order valence-electron chi connectivity index (χ4n) is 3.52. The Hall–Kier alpha value is -2.35. The maximum Gasteiger partial charge on any atom is 0.144 e. The SMILES string of the molecule is Cc1ccccc1-c1nccn1-c1c(C(C)(C)C)cccc1C(C)(C)C. The molecule has 2 heteroatoms. The van der Waals surface area contributed by atoms with Gasteiger partial charge in [0, 0.05) is 18.0 Å². The number of aromatic nitrogens is 2. The number of para-hydroxylation sites is 1. The van der Waals surface area contributed by atoms with Gasteiger partial charge in [0.15, 0.2) is 0 Å². The molecule has 0 aliphatic heterocycles. The molecule has 3 aromatic rings. The Morgan fingerprint density at radius 3 is 1.88 bits per heavy atom. The van der Waals surface area contributed by atoms with Gasteiger partial charge in [-0.1, -0.05) is 84.0 Å². The van der Waals surface area contributed by atoms with Crippen LogP contribution in [-0.2, 0) is 10.8 Å². The Morgan fingerprint density at radius 2 is 1.35 bits per heavy atom. The Morgan fingerprint density at radius 1 is 0.769 bits per heavy atom. The topological polar surface area (TPSA) is 17.8 Å². The van der Waals surface area contributed by atoms with E-state index in [-0.39, 0.29) is 10.8 Å². The van der Waals surface area contributed by atoms with Crippen molar-refractivity contribution in [2.24, 2.45) is 0 Å². The number of hydrogen-bond acceptors (Lipinski definition) is 1. The lowest BCUT2D eigenvalue weighted by molar-refractivity contribution is 0.562. The molecule has 0 bridgehead atoms. The number of benzene rings is 2. The minimum absolute atomic E-state index is 0.0455. The van der Waals surface area contributed by atoms with E-state index < -0.39 is 0 Å². The number of imidazole rings is 1. The van der Waals surface area contributed by atoms with Crippen molar-refractivity contribution in [1.29, 1.82) is 0 Å². The zero-order chi connectivity index (χ0) is 19.1. The van der Waals surface area contributed by atoms with Crippen LogP contribution in [0.4, 0.5) is 0 Å². The van der Waals surface area contributed by atoms with Crippen LogP contribution in [0.3, 0.4) is 0 Å². The third-order valence-electron chi connectivity index (χ3n) is 4.92. The van der Waals surface area contributed by atoms with Gasteiger partial charge >= 0.3 is 0 Å². The Labute approximate surface area is 157 Å². The van der Waals surface area contributed by atoms with Crippen molar-refractivity contribution >= 4 is 0 Å². The van der Waals surface area contributed by atoms with Gasteiger partial charge in [-0.2, -0.15) is 0 Å². The monoisotopic (exact) mass is 346 g/mol. The summed E-state index contributed by atoms with van der Waals surface area (Å²) in [6.07, 6.45) is 4.01. The van der Waals surface area contributed by atoms with Crippen molar-refractivity contribution < 1.29 is 0 Å². The van der Waals surface area contributed by atoms with Crippen LogP contribution in [0.2, 0.25) is 0 Å². The lowest BCUT2D eigenvalue weighted by Crippen LogP contribution is -2.22. The summed E-state index contributed by atoms with van der Waals surface area (Å²) in [4.78, 5) is 4.73. The van der Waals surface area contributed by atoms with E-state index >= 15 is 0 Å². The van der Waals surface area contributed by atoms with Gasteiger partial charge in [-0.15, -0.1) is 0 Å². The van der Waals surface area contributed by atoms with E-state index in [4.69, 9.17) is 4.98 Å². The van der Waals surface area contributed by atoms with E-state index in [1.165, 1.54) is 27.9 Å². The second-order valence-corrected chi connectivity index (χ2v) is 9.14. The van der Waals surface area contributed by atoms with Gasteiger partial charge in [-0.05, 0) is 34.4 Å². The molecule has 0 fully saturated rings. The molecule has 136 valence electrons. The molecule has 2 aromatic carbocycles. The summed E-state index contributed by atoms with van der Waals surface area (Å²) < 4.78 is 2.28. The third kappa shape index (κ3) is 3.33. The second kappa shape index (κ2) is 6.42. The van der Waals surface area contributed by atoms with Crippen molar-refractivity contribution in [1.82, 2.24) is 9.55 Å². The van der Waals surface area contributed by atoms with Crippen molar-refractivity contribution in [3.8, 4) is 17.1 Å². The van der Waals surface area contributed by atoms with Crippen LogP contribution in [0.25, 0.3) is 17.1 Å². The zero-order valence-corrected chi connectivity index (χ0v) is 17.1. The van der Waals surface area contributed by atoms with Crippen molar-refractivity contribution in [3.05, 3.63) is 71.5 Å². The summed E-state index contributed by atoms with van der Waals surface area (Å²) in [6.45, 7) is 15.8. The second-order valence-electron chi connectivity index (χ2n) is 9.14. The van der Waals surface area contributed by atoms with Crippen LogP contribution >= 0.6 is 0 Å². The molecule has 0 aliphatic carbocycles. The van der Waals surface area contributed by atoms with E-state index in [1.807, 2.05) is 6.20 Å². The lowest BCUT2D eigenvalue weighted by Gasteiger charge is -2.31. The van der Waals surface area contributed by atoms with E-state index in [1.54, 1.807) is 0 Å². The molecule has 0 atom stereocenters. The number of rotatable bonds is 2. The number of hydrogen-bond donors (Lipinski definition) is 0. The van der Waals surface area contributed by atoms with Crippen LogP contribution in [0, 0.1) is 6.92 Å². The van der Waals surface area contributed by atoms with Gasteiger partial charge in [-0.25, -0.2) is 4.98 Å². The highest BCUT2D eigenvalue weighted by atomic mass is 15.1. The summed E-state index contributed by atoms with van der Waals surface area (Å²) >= 11 is 0. The molecule has 0 radical (unpaired) electrons. The number of aryl methyl sites for hydroxylation is 1. The normalized spacial score (nSPS) is 12.4. The Kier molecular flexibility index (Phi) is 4.56. The highest BCUT2D eigenvalue weighted by Crippen LogP contribution is 2.38. The summed E-state index contributed by atoms with van der Waals surface area (Å²) in [5, 5.41) is 0. The van der Waals surface area contributed by atoms with Gasteiger partial charge in [0.05, 0.1) is 5.69 Å². The molecule has 3 rings (SSSR count). The fourth-order valence-corrected chi connectivity index (χ4v) is 3.52. The van der Waals surface area contributed by atoms with E-state index in [2.05, 4.69) is 102 Å². The molecule has 0 unspecified atom stereocenters. The largest absolute Gasteiger partial charge is 0.299 e. The Bertz CT molecular complexity index is 886. The molecule has 0 aliphatic rings. The lowest BCUT2D eigenvalue weighted by atomic mass is 9.78. The van der Waals surface area contributed by atoms with Crippen molar-refractivity contribution in [3.63, 3.8) is 0 Å². The predicted octanol–water partition coefficient (Wildman–Crippen LogP) is 6.44. The molecular weight excluding hydrogens is 316 g/mol. The molecule has 2 nitrogen and oxygen atoms in total. The maximum absolute atomic E-state index is 4.73. The predicted molar refractivity (Wildman–Crippen MR) is 111 cm³/mol. The smallest absolute Gasteiger partial charge is 0.144 e. The van der Waals surface area contributed by atoms with Gasteiger partial charge in [-0.3, -0.25) is 4.57 Å². The van der Waals surface area contributed by atoms with Crippen molar-refractivity contribution in [2.75, 3.05) is 0 Å². The van der Waals surface area contributed by atoms with Crippen LogP contribution in [-0.4, -0.2) is 9.55 Å².